The molecule has 1 aliphatic rings. The Labute approximate surface area is 69.4 Å². The van der Waals surface area contributed by atoms with Crippen LogP contribution in [0.3, 0.4) is 0 Å². The first-order valence-electron chi connectivity index (χ1n) is 4.35. The average molecular weight is 152 g/mol. The van der Waals surface area contributed by atoms with Gasteiger partial charge < -0.3 is 0 Å². The van der Waals surface area contributed by atoms with Gasteiger partial charge in [0.1, 0.15) is 7.05 Å². The third-order valence-corrected chi connectivity index (χ3v) is 2.66. The fourth-order valence-electron chi connectivity index (χ4n) is 1.50. The molecule has 0 aliphatic carbocycles. The lowest BCUT2D eigenvalue weighted by Gasteiger charge is -2.03. The van der Waals surface area contributed by atoms with Gasteiger partial charge in [-0.1, -0.05) is 6.92 Å². The Morgan fingerprint density at radius 2 is 2.09 bits per heavy atom. The summed E-state index contributed by atoms with van der Waals surface area (Å²) in [6.07, 6.45) is 4.81. The van der Waals surface area contributed by atoms with E-state index in [9.17, 15) is 0 Å². The minimum atomic E-state index is 0.744. The number of allylic oxidation sites excluding steroid dienone is 1. The van der Waals surface area contributed by atoms with E-state index in [4.69, 9.17) is 0 Å². The summed E-state index contributed by atoms with van der Waals surface area (Å²) in [6, 6.07) is 0. The van der Waals surface area contributed by atoms with Gasteiger partial charge in [0.2, 0.25) is 0 Å². The summed E-state index contributed by atoms with van der Waals surface area (Å²) in [5.74, 6) is 0.744. The predicted octanol–water partition coefficient (Wildman–Crippen LogP) is 2.42. The van der Waals surface area contributed by atoms with Crippen molar-refractivity contribution in [1.82, 2.24) is 0 Å². The van der Waals surface area contributed by atoms with Crippen molar-refractivity contribution in [3.8, 4) is 0 Å². The lowest BCUT2D eigenvalue weighted by molar-refractivity contribution is -0.425. The van der Waals surface area contributed by atoms with Crippen LogP contribution in [0.15, 0.2) is 11.8 Å². The second kappa shape index (κ2) is 3.21. The first-order valence-corrected chi connectivity index (χ1v) is 4.35. The van der Waals surface area contributed by atoms with Crippen molar-refractivity contribution in [3.05, 3.63) is 11.8 Å². The van der Waals surface area contributed by atoms with Crippen molar-refractivity contribution in [2.75, 3.05) is 7.05 Å². The summed E-state index contributed by atoms with van der Waals surface area (Å²) >= 11 is 0. The van der Waals surface area contributed by atoms with E-state index in [2.05, 4.69) is 38.6 Å². The van der Waals surface area contributed by atoms with Gasteiger partial charge in [-0.05, 0) is 25.3 Å². The molecular formula is C10H18N+. The van der Waals surface area contributed by atoms with Crippen molar-refractivity contribution in [2.24, 2.45) is 5.92 Å². The van der Waals surface area contributed by atoms with Crippen LogP contribution in [0.1, 0.15) is 33.6 Å². The van der Waals surface area contributed by atoms with Gasteiger partial charge in [-0.25, -0.2) is 4.58 Å². The highest BCUT2D eigenvalue weighted by Gasteiger charge is 2.16. The summed E-state index contributed by atoms with van der Waals surface area (Å²) in [6.45, 7) is 6.74. The first kappa shape index (κ1) is 8.51. The van der Waals surface area contributed by atoms with Gasteiger partial charge in [0.15, 0.2) is 11.9 Å². The van der Waals surface area contributed by atoms with Gasteiger partial charge in [-0.3, -0.25) is 0 Å². The third-order valence-electron chi connectivity index (χ3n) is 2.66. The normalized spacial score (nSPS) is 26.5. The molecule has 0 fully saturated rings. The molecule has 1 heteroatoms. The number of hydrogen-bond acceptors (Lipinski definition) is 0. The molecule has 1 nitrogen and oxygen atoms in total. The van der Waals surface area contributed by atoms with Gasteiger partial charge >= 0.3 is 0 Å². The Morgan fingerprint density at radius 3 is 2.73 bits per heavy atom. The molecule has 0 spiro atoms. The second-order valence-corrected chi connectivity index (χ2v) is 3.67. The maximum Gasteiger partial charge on any atom is 0.167 e. The highest BCUT2D eigenvalue weighted by molar-refractivity contribution is 5.79. The molecule has 1 rings (SSSR count). The SMILES string of the molecule is CC1=C[N+](C)=C(C)C(C)CC1. The zero-order chi connectivity index (χ0) is 8.43. The summed E-state index contributed by atoms with van der Waals surface area (Å²) in [5, 5.41) is 0. The van der Waals surface area contributed by atoms with E-state index >= 15 is 0 Å². The van der Waals surface area contributed by atoms with Crippen LogP contribution in [0.4, 0.5) is 0 Å². The van der Waals surface area contributed by atoms with E-state index in [1.165, 1.54) is 24.1 Å². The minimum absolute atomic E-state index is 0.744. The molecule has 0 radical (unpaired) electrons. The first-order chi connectivity index (χ1) is 5.11. The van der Waals surface area contributed by atoms with Crippen LogP contribution in [0.25, 0.3) is 0 Å². The topological polar surface area (TPSA) is 3.01 Å². The molecule has 11 heavy (non-hydrogen) atoms. The molecule has 0 saturated heterocycles. The van der Waals surface area contributed by atoms with Crippen LogP contribution in [0, 0.1) is 5.92 Å². The molecule has 1 heterocycles. The third kappa shape index (κ3) is 1.92. The lowest BCUT2D eigenvalue weighted by atomic mass is 10.00. The minimum Gasteiger partial charge on any atom is -0.209 e. The smallest absolute Gasteiger partial charge is 0.167 e. The Balaban J connectivity index is 2.90. The van der Waals surface area contributed by atoms with Crippen LogP contribution in [0.5, 0.6) is 0 Å². The summed E-state index contributed by atoms with van der Waals surface area (Å²) in [4.78, 5) is 0. The Hall–Kier alpha value is -0.590. The monoisotopic (exact) mass is 152 g/mol. The van der Waals surface area contributed by atoms with Crippen molar-refractivity contribution >= 4 is 5.71 Å². The predicted molar refractivity (Wildman–Crippen MR) is 49.0 cm³/mol. The van der Waals surface area contributed by atoms with Crippen LogP contribution in [-0.4, -0.2) is 17.3 Å². The van der Waals surface area contributed by atoms with Crippen LogP contribution < -0.4 is 0 Å². The molecular weight excluding hydrogens is 134 g/mol. The van der Waals surface area contributed by atoms with Crippen LogP contribution >= 0.6 is 0 Å². The molecule has 62 valence electrons. The van der Waals surface area contributed by atoms with Crippen LogP contribution in [0.2, 0.25) is 0 Å². The van der Waals surface area contributed by atoms with E-state index in [1.54, 1.807) is 0 Å². The fraction of sp³-hybridized carbons (Fsp3) is 0.700. The Morgan fingerprint density at radius 1 is 1.45 bits per heavy atom. The lowest BCUT2D eigenvalue weighted by Crippen LogP contribution is -2.15. The highest BCUT2D eigenvalue weighted by atomic mass is 15.0. The summed E-state index contributed by atoms with van der Waals surface area (Å²) in [5.41, 5.74) is 2.98. The van der Waals surface area contributed by atoms with E-state index < -0.39 is 0 Å². The second-order valence-electron chi connectivity index (χ2n) is 3.67. The zero-order valence-electron chi connectivity index (χ0n) is 8.02. The molecule has 1 aliphatic heterocycles. The molecule has 0 aromatic heterocycles. The molecule has 0 saturated carbocycles. The van der Waals surface area contributed by atoms with E-state index in [-0.39, 0.29) is 0 Å². The molecule has 0 aromatic carbocycles. The van der Waals surface area contributed by atoms with Gasteiger partial charge in [0.05, 0.1) is 0 Å². The van der Waals surface area contributed by atoms with E-state index in [0.29, 0.717) is 0 Å². The molecule has 1 atom stereocenters. The Kier molecular flexibility index (Phi) is 2.48. The highest BCUT2D eigenvalue weighted by Crippen LogP contribution is 2.16. The van der Waals surface area contributed by atoms with Crippen molar-refractivity contribution < 1.29 is 4.58 Å². The van der Waals surface area contributed by atoms with Gasteiger partial charge in [0.25, 0.3) is 0 Å². The fourth-order valence-corrected chi connectivity index (χ4v) is 1.50. The van der Waals surface area contributed by atoms with E-state index in [0.717, 1.165) is 5.92 Å². The Bertz CT molecular complexity index is 211. The van der Waals surface area contributed by atoms with Gasteiger partial charge in [0, 0.05) is 12.8 Å². The molecule has 0 aromatic rings. The largest absolute Gasteiger partial charge is 0.209 e. The average Bonchev–Trinajstić information content (AvgIpc) is 2.05. The summed E-state index contributed by atoms with van der Waals surface area (Å²) in [7, 11) is 2.14. The molecule has 0 amide bonds. The zero-order valence-corrected chi connectivity index (χ0v) is 8.02. The maximum absolute atomic E-state index is 2.30. The standard InChI is InChI=1S/C10H18N/c1-8-5-6-9(2)10(3)11(4)7-8/h7,9H,5-6H2,1-4H3/q+1. The van der Waals surface area contributed by atoms with Gasteiger partial charge in [-0.15, -0.1) is 0 Å². The summed E-state index contributed by atoms with van der Waals surface area (Å²) < 4.78 is 2.26. The van der Waals surface area contributed by atoms with Crippen LogP contribution in [-0.2, 0) is 0 Å². The van der Waals surface area contributed by atoms with Crippen molar-refractivity contribution in [3.63, 3.8) is 0 Å². The maximum atomic E-state index is 2.30. The molecule has 1 unspecified atom stereocenters. The number of nitrogens with zero attached hydrogens (tertiary/aromatic N) is 1. The number of hydrogen-bond donors (Lipinski definition) is 0. The number of rotatable bonds is 0. The molecule has 0 N–H and O–H groups in total. The van der Waals surface area contributed by atoms with Crippen molar-refractivity contribution in [1.29, 1.82) is 0 Å². The molecule has 0 bridgehead atoms. The quantitative estimate of drug-likeness (QED) is 0.469. The van der Waals surface area contributed by atoms with Crippen molar-refractivity contribution in [2.45, 2.75) is 33.6 Å². The van der Waals surface area contributed by atoms with Gasteiger partial charge in [-0.2, -0.15) is 0 Å². The van der Waals surface area contributed by atoms with E-state index in [1.807, 2.05) is 0 Å².